The molecule has 0 saturated heterocycles. The molecule has 0 aromatic heterocycles. The molecule has 0 heterocycles. The van der Waals surface area contributed by atoms with Gasteiger partial charge in [0.05, 0.1) is 24.9 Å². The minimum absolute atomic E-state index is 0.579. The van der Waals surface area contributed by atoms with Gasteiger partial charge in [-0.2, -0.15) is 0 Å². The van der Waals surface area contributed by atoms with Crippen LogP contribution in [0.2, 0.25) is 5.02 Å². The van der Waals surface area contributed by atoms with E-state index in [0.29, 0.717) is 16.8 Å². The number of hydrogen-bond acceptors (Lipinski definition) is 3. The summed E-state index contributed by atoms with van der Waals surface area (Å²) in [6, 6.07) is 4.34. The molecule has 3 rings (SSSR count). The third-order valence-electron chi connectivity index (χ3n) is 4.06. The lowest BCUT2D eigenvalue weighted by Gasteiger charge is -2.21. The van der Waals surface area contributed by atoms with Crippen molar-refractivity contribution in [2.24, 2.45) is 11.8 Å². The van der Waals surface area contributed by atoms with Gasteiger partial charge in [-0.3, -0.25) is 0 Å². The summed E-state index contributed by atoms with van der Waals surface area (Å²) in [6.45, 7) is 0. The summed E-state index contributed by atoms with van der Waals surface area (Å²) < 4.78 is 10.6. The maximum absolute atomic E-state index is 6.33. The second kappa shape index (κ2) is 5.12. The average Bonchev–Trinajstić information content (AvgIpc) is 3.29. The van der Waals surface area contributed by atoms with E-state index in [-0.39, 0.29) is 0 Å². The number of hydrogen-bond donors (Lipinski definition) is 1. The van der Waals surface area contributed by atoms with Crippen molar-refractivity contribution >= 4 is 17.3 Å². The van der Waals surface area contributed by atoms with E-state index in [1.807, 2.05) is 12.1 Å². The Kier molecular flexibility index (Phi) is 3.48. The van der Waals surface area contributed by atoms with Crippen molar-refractivity contribution < 1.29 is 9.47 Å². The Morgan fingerprint density at radius 3 is 2.05 bits per heavy atom. The topological polar surface area (TPSA) is 30.5 Å². The zero-order valence-corrected chi connectivity index (χ0v) is 12.2. The van der Waals surface area contributed by atoms with Crippen molar-refractivity contribution in [3.05, 3.63) is 17.2 Å². The van der Waals surface area contributed by atoms with E-state index in [1.54, 1.807) is 14.2 Å². The molecule has 2 fully saturated rings. The average molecular weight is 282 g/mol. The number of methoxy groups -OCH3 is 2. The first kappa shape index (κ1) is 12.9. The first-order valence-corrected chi connectivity index (χ1v) is 7.28. The minimum Gasteiger partial charge on any atom is -0.493 e. The summed E-state index contributed by atoms with van der Waals surface area (Å²) in [5, 5.41) is 4.33. The summed E-state index contributed by atoms with van der Waals surface area (Å²) >= 11 is 6.33. The summed E-state index contributed by atoms with van der Waals surface area (Å²) in [4.78, 5) is 0. The molecule has 0 atom stereocenters. The van der Waals surface area contributed by atoms with Crippen LogP contribution in [-0.2, 0) is 0 Å². The van der Waals surface area contributed by atoms with Gasteiger partial charge in [0.25, 0.3) is 0 Å². The van der Waals surface area contributed by atoms with Gasteiger partial charge in [0, 0.05) is 18.2 Å². The van der Waals surface area contributed by atoms with Crippen LogP contribution in [0.3, 0.4) is 0 Å². The highest BCUT2D eigenvalue weighted by atomic mass is 35.5. The third-order valence-corrected chi connectivity index (χ3v) is 4.37. The Morgan fingerprint density at radius 1 is 1.05 bits per heavy atom. The molecule has 1 N–H and O–H groups in total. The Labute approximate surface area is 119 Å². The van der Waals surface area contributed by atoms with Gasteiger partial charge in [0.15, 0.2) is 11.5 Å². The molecule has 0 radical (unpaired) electrons. The fourth-order valence-corrected chi connectivity index (χ4v) is 2.88. The van der Waals surface area contributed by atoms with Crippen LogP contribution in [0.4, 0.5) is 5.69 Å². The molecule has 2 saturated carbocycles. The predicted octanol–water partition coefficient (Wildman–Crippen LogP) is 3.96. The molecule has 0 amide bonds. The lowest BCUT2D eigenvalue weighted by Crippen LogP contribution is -2.24. The summed E-state index contributed by atoms with van der Waals surface area (Å²) in [5.41, 5.74) is 0.961. The van der Waals surface area contributed by atoms with Crippen LogP contribution < -0.4 is 14.8 Å². The highest BCUT2D eigenvalue weighted by Gasteiger charge is 2.41. The number of rotatable bonds is 6. The molecule has 3 nitrogen and oxygen atoms in total. The minimum atomic E-state index is 0.579. The normalized spacial score (nSPS) is 18.5. The molecular formula is C15H20ClNO2. The van der Waals surface area contributed by atoms with Gasteiger partial charge < -0.3 is 14.8 Å². The number of benzene rings is 1. The summed E-state index contributed by atoms with van der Waals surface area (Å²) in [6.07, 6.45) is 5.39. The van der Waals surface area contributed by atoms with Gasteiger partial charge in [-0.05, 0) is 37.5 Å². The molecule has 0 spiro atoms. The second-order valence-electron chi connectivity index (χ2n) is 5.53. The van der Waals surface area contributed by atoms with Gasteiger partial charge in [-0.15, -0.1) is 0 Å². The largest absolute Gasteiger partial charge is 0.493 e. The lowest BCUT2D eigenvalue weighted by atomic mass is 10.1. The number of ether oxygens (including phenoxy) is 2. The van der Waals surface area contributed by atoms with Gasteiger partial charge in [-0.1, -0.05) is 11.6 Å². The molecule has 104 valence electrons. The molecule has 1 aromatic carbocycles. The van der Waals surface area contributed by atoms with Gasteiger partial charge in [-0.25, -0.2) is 0 Å². The first-order chi connectivity index (χ1) is 9.22. The third kappa shape index (κ3) is 2.76. The van der Waals surface area contributed by atoms with Crippen molar-refractivity contribution in [2.45, 2.75) is 31.7 Å². The summed E-state index contributed by atoms with van der Waals surface area (Å²) in [7, 11) is 3.27. The summed E-state index contributed by atoms with van der Waals surface area (Å²) in [5.74, 6) is 3.06. The molecule has 4 heteroatoms. The molecular weight excluding hydrogens is 262 g/mol. The fourth-order valence-electron chi connectivity index (χ4n) is 2.68. The van der Waals surface area contributed by atoms with Crippen LogP contribution in [0.25, 0.3) is 0 Å². The molecule has 1 aromatic rings. The zero-order chi connectivity index (χ0) is 13.4. The molecule has 19 heavy (non-hydrogen) atoms. The van der Waals surface area contributed by atoms with E-state index in [4.69, 9.17) is 21.1 Å². The Hall–Kier alpha value is -1.09. The highest BCUT2D eigenvalue weighted by molar-refractivity contribution is 6.33. The van der Waals surface area contributed by atoms with Crippen molar-refractivity contribution in [2.75, 3.05) is 19.5 Å². The van der Waals surface area contributed by atoms with E-state index in [9.17, 15) is 0 Å². The van der Waals surface area contributed by atoms with E-state index < -0.39 is 0 Å². The Morgan fingerprint density at radius 2 is 1.58 bits per heavy atom. The van der Waals surface area contributed by atoms with Crippen LogP contribution in [0.1, 0.15) is 25.7 Å². The standard InChI is InChI=1S/C15H20ClNO2/c1-18-13-7-11(16)12(8-14(13)19-2)17-15(9-3-4-9)10-5-6-10/h7-10,15,17H,3-6H2,1-2H3. The molecule has 0 aliphatic heterocycles. The van der Waals surface area contributed by atoms with Gasteiger partial charge in [0.1, 0.15) is 0 Å². The molecule has 0 unspecified atom stereocenters. The van der Waals surface area contributed by atoms with Crippen molar-refractivity contribution in [1.82, 2.24) is 0 Å². The van der Waals surface area contributed by atoms with Crippen LogP contribution in [0, 0.1) is 11.8 Å². The smallest absolute Gasteiger partial charge is 0.162 e. The highest BCUT2D eigenvalue weighted by Crippen LogP contribution is 2.47. The van der Waals surface area contributed by atoms with Gasteiger partial charge in [0.2, 0.25) is 0 Å². The molecule has 0 bridgehead atoms. The number of halogens is 1. The number of nitrogens with one attached hydrogen (secondary N) is 1. The van der Waals surface area contributed by atoms with Crippen LogP contribution >= 0.6 is 11.6 Å². The van der Waals surface area contributed by atoms with E-state index in [1.165, 1.54) is 25.7 Å². The predicted molar refractivity (Wildman–Crippen MR) is 77.4 cm³/mol. The first-order valence-electron chi connectivity index (χ1n) is 6.91. The quantitative estimate of drug-likeness (QED) is 0.856. The van der Waals surface area contributed by atoms with Crippen molar-refractivity contribution in [3.63, 3.8) is 0 Å². The van der Waals surface area contributed by atoms with E-state index in [2.05, 4.69) is 5.32 Å². The van der Waals surface area contributed by atoms with E-state index >= 15 is 0 Å². The SMILES string of the molecule is COc1cc(Cl)c(NC(C2CC2)C2CC2)cc1OC. The lowest BCUT2D eigenvalue weighted by molar-refractivity contribution is 0.355. The maximum atomic E-state index is 6.33. The second-order valence-corrected chi connectivity index (χ2v) is 5.94. The van der Waals surface area contributed by atoms with Crippen LogP contribution in [0.5, 0.6) is 11.5 Å². The fraction of sp³-hybridized carbons (Fsp3) is 0.600. The Bertz CT molecular complexity index is 457. The molecule has 2 aliphatic rings. The molecule has 2 aliphatic carbocycles. The van der Waals surface area contributed by atoms with Crippen LogP contribution in [-0.4, -0.2) is 20.3 Å². The van der Waals surface area contributed by atoms with Gasteiger partial charge >= 0.3 is 0 Å². The monoisotopic (exact) mass is 281 g/mol. The number of anilines is 1. The maximum Gasteiger partial charge on any atom is 0.162 e. The van der Waals surface area contributed by atoms with Crippen molar-refractivity contribution in [1.29, 1.82) is 0 Å². The Balaban J connectivity index is 1.82. The van der Waals surface area contributed by atoms with Crippen LogP contribution in [0.15, 0.2) is 12.1 Å². The van der Waals surface area contributed by atoms with E-state index in [0.717, 1.165) is 23.3 Å². The zero-order valence-electron chi connectivity index (χ0n) is 11.4. The van der Waals surface area contributed by atoms with Crippen molar-refractivity contribution in [3.8, 4) is 11.5 Å².